The molecule has 1 aromatic rings. The van der Waals surface area contributed by atoms with Gasteiger partial charge in [-0.05, 0) is 38.1 Å². The summed E-state index contributed by atoms with van der Waals surface area (Å²) in [5.74, 6) is 1.22. The summed E-state index contributed by atoms with van der Waals surface area (Å²) in [6.07, 6.45) is 3.80. The number of methoxy groups -OCH3 is 1. The van der Waals surface area contributed by atoms with Gasteiger partial charge in [0.05, 0.1) is 7.11 Å². The largest absolute Gasteiger partial charge is 0.493 e. The Balaban J connectivity index is 2.13. The zero-order chi connectivity index (χ0) is 15.9. The van der Waals surface area contributed by atoms with Gasteiger partial charge in [-0.1, -0.05) is 12.7 Å². The van der Waals surface area contributed by atoms with Crippen molar-refractivity contribution in [1.82, 2.24) is 10.2 Å². The fraction of sp³-hybridized carbons (Fsp3) is 0.471. The molecule has 0 aromatic heterocycles. The summed E-state index contributed by atoms with van der Waals surface area (Å²) in [5, 5.41) is 3.25. The highest BCUT2D eigenvalue weighted by Crippen LogP contribution is 2.29. The maximum absolute atomic E-state index is 12.6. The number of likely N-dealkylation sites (N-methyl/N-ethyl adjacent to an activating group) is 1. The van der Waals surface area contributed by atoms with Crippen molar-refractivity contribution in [2.45, 2.75) is 18.9 Å². The molecule has 1 aliphatic rings. The zero-order valence-electron chi connectivity index (χ0n) is 13.3. The molecule has 1 N–H and O–H groups in total. The van der Waals surface area contributed by atoms with Crippen LogP contribution in [-0.2, 0) is 0 Å². The topological polar surface area (TPSA) is 50.8 Å². The van der Waals surface area contributed by atoms with Gasteiger partial charge in [0.15, 0.2) is 11.5 Å². The highest BCUT2D eigenvalue weighted by atomic mass is 16.5. The maximum Gasteiger partial charge on any atom is 0.254 e. The van der Waals surface area contributed by atoms with Gasteiger partial charge in [0.2, 0.25) is 0 Å². The van der Waals surface area contributed by atoms with E-state index < -0.39 is 0 Å². The average Bonchev–Trinajstić information content (AvgIpc) is 2.59. The number of ether oxygens (including phenoxy) is 2. The summed E-state index contributed by atoms with van der Waals surface area (Å²) in [6, 6.07) is 5.67. The minimum Gasteiger partial charge on any atom is -0.493 e. The van der Waals surface area contributed by atoms with E-state index in [9.17, 15) is 4.79 Å². The normalized spacial score (nSPS) is 17.9. The number of hydrogen-bond acceptors (Lipinski definition) is 4. The third kappa shape index (κ3) is 3.80. The van der Waals surface area contributed by atoms with Crippen LogP contribution in [0.5, 0.6) is 11.5 Å². The molecule has 1 aliphatic heterocycles. The first-order valence-electron chi connectivity index (χ1n) is 7.58. The van der Waals surface area contributed by atoms with Crippen LogP contribution in [0, 0.1) is 0 Å². The summed E-state index contributed by atoms with van der Waals surface area (Å²) in [7, 11) is 3.51. The van der Waals surface area contributed by atoms with E-state index >= 15 is 0 Å². The number of hydrogen-bond donors (Lipinski definition) is 1. The number of nitrogens with zero attached hydrogens (tertiary/aromatic N) is 1. The number of amides is 1. The minimum atomic E-state index is 0.0357. The molecular formula is C17H24N2O3. The molecule has 0 spiro atoms. The van der Waals surface area contributed by atoms with Crippen molar-refractivity contribution in [2.24, 2.45) is 0 Å². The van der Waals surface area contributed by atoms with Gasteiger partial charge in [0.1, 0.15) is 6.61 Å². The number of likely N-dealkylation sites (tertiary alicyclic amines) is 1. The van der Waals surface area contributed by atoms with Crippen LogP contribution in [0.15, 0.2) is 30.9 Å². The van der Waals surface area contributed by atoms with Crippen LogP contribution in [0.1, 0.15) is 23.2 Å². The molecule has 5 nitrogen and oxygen atoms in total. The number of benzene rings is 1. The van der Waals surface area contributed by atoms with Crippen molar-refractivity contribution in [3.05, 3.63) is 36.4 Å². The lowest BCUT2D eigenvalue weighted by atomic mass is 10.0. The Morgan fingerprint density at radius 1 is 1.50 bits per heavy atom. The van der Waals surface area contributed by atoms with Gasteiger partial charge in [0, 0.05) is 24.7 Å². The molecule has 1 fully saturated rings. The first-order valence-corrected chi connectivity index (χ1v) is 7.58. The Hall–Kier alpha value is -2.01. The first kappa shape index (κ1) is 16.4. The van der Waals surface area contributed by atoms with E-state index in [0.717, 1.165) is 25.9 Å². The third-order valence-corrected chi connectivity index (χ3v) is 3.88. The lowest BCUT2D eigenvalue weighted by molar-refractivity contribution is 0.0698. The number of carbonyl (C=O) groups excluding carboxylic acids is 1. The Morgan fingerprint density at radius 3 is 3.00 bits per heavy atom. The standard InChI is InChI=1S/C17H24N2O3/c1-4-10-22-15-8-7-13(11-16(15)21-3)17(20)19-9-5-6-14(12-19)18-2/h4,7-8,11,14,18H,1,5-6,9-10,12H2,2-3H3. The lowest BCUT2D eigenvalue weighted by Gasteiger charge is -2.32. The second-order valence-electron chi connectivity index (χ2n) is 5.34. The summed E-state index contributed by atoms with van der Waals surface area (Å²) >= 11 is 0. The molecule has 0 radical (unpaired) electrons. The number of rotatable bonds is 6. The van der Waals surface area contributed by atoms with Crippen LogP contribution >= 0.6 is 0 Å². The molecule has 0 saturated carbocycles. The van der Waals surface area contributed by atoms with Crippen molar-refractivity contribution in [2.75, 3.05) is 33.9 Å². The monoisotopic (exact) mass is 304 g/mol. The molecule has 1 atom stereocenters. The van der Waals surface area contributed by atoms with E-state index in [4.69, 9.17) is 9.47 Å². The third-order valence-electron chi connectivity index (χ3n) is 3.88. The number of piperidine rings is 1. The van der Waals surface area contributed by atoms with Crippen LogP contribution < -0.4 is 14.8 Å². The lowest BCUT2D eigenvalue weighted by Crippen LogP contribution is -2.46. The van der Waals surface area contributed by atoms with E-state index in [-0.39, 0.29) is 5.91 Å². The SMILES string of the molecule is C=CCOc1ccc(C(=O)N2CCCC(NC)C2)cc1OC. The first-order chi connectivity index (χ1) is 10.7. The van der Waals surface area contributed by atoms with Crippen molar-refractivity contribution >= 4 is 5.91 Å². The molecule has 0 bridgehead atoms. The molecule has 2 rings (SSSR count). The van der Waals surface area contributed by atoms with E-state index in [1.807, 2.05) is 11.9 Å². The highest BCUT2D eigenvalue weighted by molar-refractivity contribution is 5.95. The maximum atomic E-state index is 12.6. The predicted molar refractivity (Wildman–Crippen MR) is 86.7 cm³/mol. The molecule has 1 saturated heterocycles. The van der Waals surface area contributed by atoms with Crippen LogP contribution in [0.2, 0.25) is 0 Å². The molecule has 5 heteroatoms. The van der Waals surface area contributed by atoms with Gasteiger partial charge >= 0.3 is 0 Å². The van der Waals surface area contributed by atoms with Gasteiger partial charge in [-0.25, -0.2) is 0 Å². The Kier molecular flexibility index (Phi) is 5.83. The van der Waals surface area contributed by atoms with Gasteiger partial charge in [-0.2, -0.15) is 0 Å². The molecular weight excluding hydrogens is 280 g/mol. The second kappa shape index (κ2) is 7.84. The van der Waals surface area contributed by atoms with E-state index in [1.165, 1.54) is 0 Å². The minimum absolute atomic E-state index is 0.0357. The number of carbonyl (C=O) groups is 1. The summed E-state index contributed by atoms with van der Waals surface area (Å²) in [6.45, 7) is 5.57. The fourth-order valence-corrected chi connectivity index (χ4v) is 2.65. The smallest absolute Gasteiger partial charge is 0.254 e. The molecule has 1 aromatic carbocycles. The summed E-state index contributed by atoms with van der Waals surface area (Å²) in [5.41, 5.74) is 0.625. The Labute approximate surface area is 131 Å². The van der Waals surface area contributed by atoms with E-state index in [2.05, 4.69) is 11.9 Å². The Bertz CT molecular complexity index is 531. The van der Waals surface area contributed by atoms with Crippen molar-refractivity contribution < 1.29 is 14.3 Å². The van der Waals surface area contributed by atoms with Crippen LogP contribution in [0.4, 0.5) is 0 Å². The summed E-state index contributed by atoms with van der Waals surface area (Å²) in [4.78, 5) is 14.5. The molecule has 120 valence electrons. The predicted octanol–water partition coefficient (Wildman–Crippen LogP) is 2.08. The quantitative estimate of drug-likeness (QED) is 0.818. The molecule has 1 heterocycles. The molecule has 0 aliphatic carbocycles. The van der Waals surface area contributed by atoms with Crippen molar-refractivity contribution in [3.63, 3.8) is 0 Å². The van der Waals surface area contributed by atoms with Gasteiger partial charge in [0.25, 0.3) is 5.91 Å². The molecule has 1 unspecified atom stereocenters. The molecule has 22 heavy (non-hydrogen) atoms. The van der Waals surface area contributed by atoms with Crippen molar-refractivity contribution in [1.29, 1.82) is 0 Å². The van der Waals surface area contributed by atoms with E-state index in [1.54, 1.807) is 31.4 Å². The van der Waals surface area contributed by atoms with Crippen molar-refractivity contribution in [3.8, 4) is 11.5 Å². The summed E-state index contributed by atoms with van der Waals surface area (Å²) < 4.78 is 10.8. The molecule has 1 amide bonds. The zero-order valence-corrected chi connectivity index (χ0v) is 13.3. The second-order valence-corrected chi connectivity index (χ2v) is 5.34. The van der Waals surface area contributed by atoms with Crippen LogP contribution in [0.3, 0.4) is 0 Å². The fourth-order valence-electron chi connectivity index (χ4n) is 2.65. The van der Waals surface area contributed by atoms with Crippen LogP contribution in [-0.4, -0.2) is 50.7 Å². The number of nitrogens with one attached hydrogen (secondary N) is 1. The van der Waals surface area contributed by atoms with Gasteiger partial charge < -0.3 is 19.7 Å². The average molecular weight is 304 g/mol. The Morgan fingerprint density at radius 2 is 2.32 bits per heavy atom. The van der Waals surface area contributed by atoms with Gasteiger partial charge in [-0.3, -0.25) is 4.79 Å². The van der Waals surface area contributed by atoms with Gasteiger partial charge in [-0.15, -0.1) is 0 Å². The highest BCUT2D eigenvalue weighted by Gasteiger charge is 2.24. The van der Waals surface area contributed by atoms with E-state index in [0.29, 0.717) is 29.7 Å². The van der Waals surface area contributed by atoms with Crippen LogP contribution in [0.25, 0.3) is 0 Å².